The van der Waals surface area contributed by atoms with E-state index < -0.39 is 0 Å². The molecule has 3 rings (SSSR count). The van der Waals surface area contributed by atoms with Crippen LogP contribution in [-0.2, 0) is 15.3 Å². The molecule has 140 valence electrons. The van der Waals surface area contributed by atoms with Crippen LogP contribution in [0.2, 0.25) is 5.02 Å². The molecule has 1 fully saturated rings. The average molecular weight is 396 g/mol. The summed E-state index contributed by atoms with van der Waals surface area (Å²) in [5.74, 6) is 1.79. The first-order valence-electron chi connectivity index (χ1n) is 8.47. The predicted molar refractivity (Wildman–Crippen MR) is 105 cm³/mol. The van der Waals surface area contributed by atoms with Crippen molar-refractivity contribution in [3.8, 4) is 0 Å². The molecule has 1 aromatic heterocycles. The van der Waals surface area contributed by atoms with Crippen molar-refractivity contribution in [2.75, 3.05) is 42.3 Å². The molecule has 0 saturated carbocycles. The van der Waals surface area contributed by atoms with Gasteiger partial charge in [0.15, 0.2) is 0 Å². The number of nitrogens with one attached hydrogen (secondary N) is 1. The topological polar surface area (TPSA) is 67.6 Å². The maximum absolute atomic E-state index is 12.4. The number of rotatable bonds is 6. The Labute approximate surface area is 162 Å². The standard InChI is InChI=1S/C18H22ClN3O3S/c1-12-14(13(2)25-21-12)10-26-11-17(23)20-16-5-3-4-15(19)18(16)22-6-8-24-9-7-22/h3-5H,6-11H2,1-2H3,(H,20,23). The molecule has 1 aliphatic rings. The quantitative estimate of drug-likeness (QED) is 0.805. The van der Waals surface area contributed by atoms with E-state index in [4.69, 9.17) is 20.9 Å². The SMILES string of the molecule is Cc1noc(C)c1CSCC(=O)Nc1cccc(Cl)c1N1CCOCC1. The third-order valence-corrected chi connectivity index (χ3v) is 5.51. The monoisotopic (exact) mass is 395 g/mol. The lowest BCUT2D eigenvalue weighted by Gasteiger charge is -2.31. The fourth-order valence-electron chi connectivity index (χ4n) is 2.86. The number of carbonyl (C=O) groups excluding carboxylic acids is 1. The van der Waals surface area contributed by atoms with Gasteiger partial charge in [0.1, 0.15) is 5.76 Å². The molecular formula is C18H22ClN3O3S. The zero-order valence-electron chi connectivity index (χ0n) is 14.9. The van der Waals surface area contributed by atoms with E-state index in [0.29, 0.717) is 29.7 Å². The molecule has 0 aliphatic carbocycles. The number of amides is 1. The molecule has 1 aliphatic heterocycles. The summed E-state index contributed by atoms with van der Waals surface area (Å²) in [4.78, 5) is 14.6. The number of thioether (sulfide) groups is 1. The lowest BCUT2D eigenvalue weighted by Crippen LogP contribution is -2.37. The molecule has 0 unspecified atom stereocenters. The van der Waals surface area contributed by atoms with Gasteiger partial charge < -0.3 is 19.5 Å². The lowest BCUT2D eigenvalue weighted by atomic mass is 10.2. The van der Waals surface area contributed by atoms with E-state index >= 15 is 0 Å². The fraction of sp³-hybridized carbons (Fsp3) is 0.444. The molecule has 8 heteroatoms. The molecule has 0 spiro atoms. The van der Waals surface area contributed by atoms with E-state index in [-0.39, 0.29) is 5.91 Å². The highest BCUT2D eigenvalue weighted by Gasteiger charge is 2.19. The van der Waals surface area contributed by atoms with Crippen LogP contribution in [0.15, 0.2) is 22.7 Å². The molecule has 1 saturated heterocycles. The largest absolute Gasteiger partial charge is 0.378 e. The second-order valence-electron chi connectivity index (χ2n) is 6.08. The summed E-state index contributed by atoms with van der Waals surface area (Å²) in [7, 11) is 0. The van der Waals surface area contributed by atoms with E-state index in [0.717, 1.165) is 41.5 Å². The van der Waals surface area contributed by atoms with Crippen molar-refractivity contribution in [3.05, 3.63) is 40.2 Å². The minimum atomic E-state index is -0.0569. The van der Waals surface area contributed by atoms with Gasteiger partial charge in [-0.25, -0.2) is 0 Å². The van der Waals surface area contributed by atoms with Gasteiger partial charge in [0.2, 0.25) is 5.91 Å². The van der Waals surface area contributed by atoms with Gasteiger partial charge in [-0.2, -0.15) is 0 Å². The molecule has 0 radical (unpaired) electrons. The lowest BCUT2D eigenvalue weighted by molar-refractivity contribution is -0.113. The smallest absolute Gasteiger partial charge is 0.234 e. The molecular weight excluding hydrogens is 374 g/mol. The van der Waals surface area contributed by atoms with Gasteiger partial charge in [-0.1, -0.05) is 22.8 Å². The summed E-state index contributed by atoms with van der Waals surface area (Å²) >= 11 is 7.93. The normalized spacial score (nSPS) is 14.5. The number of para-hydroxylation sites is 1. The number of carbonyl (C=O) groups is 1. The number of nitrogens with zero attached hydrogens (tertiary/aromatic N) is 2. The summed E-state index contributed by atoms with van der Waals surface area (Å²) in [6.45, 7) is 6.63. The third kappa shape index (κ3) is 4.52. The van der Waals surface area contributed by atoms with Crippen molar-refractivity contribution in [1.29, 1.82) is 0 Å². The van der Waals surface area contributed by atoms with Gasteiger partial charge >= 0.3 is 0 Å². The number of morpholine rings is 1. The van der Waals surface area contributed by atoms with Gasteiger partial charge in [0, 0.05) is 24.4 Å². The van der Waals surface area contributed by atoms with E-state index in [1.54, 1.807) is 0 Å². The van der Waals surface area contributed by atoms with Crippen molar-refractivity contribution in [2.45, 2.75) is 19.6 Å². The van der Waals surface area contributed by atoms with E-state index in [9.17, 15) is 4.79 Å². The second kappa shape index (κ2) is 8.79. The first-order chi connectivity index (χ1) is 12.6. The third-order valence-electron chi connectivity index (χ3n) is 4.25. The highest BCUT2D eigenvalue weighted by molar-refractivity contribution is 7.99. The zero-order valence-corrected chi connectivity index (χ0v) is 16.5. The fourth-order valence-corrected chi connectivity index (χ4v) is 4.13. The van der Waals surface area contributed by atoms with Crippen LogP contribution in [-0.4, -0.2) is 43.1 Å². The summed E-state index contributed by atoms with van der Waals surface area (Å²) in [6, 6.07) is 5.57. The van der Waals surface area contributed by atoms with Crippen molar-refractivity contribution < 1.29 is 14.1 Å². The van der Waals surface area contributed by atoms with Crippen LogP contribution in [0.4, 0.5) is 11.4 Å². The number of aryl methyl sites for hydroxylation is 2. The molecule has 1 aromatic carbocycles. The van der Waals surface area contributed by atoms with Gasteiger partial charge in [-0.05, 0) is 26.0 Å². The summed E-state index contributed by atoms with van der Waals surface area (Å²) in [5, 5.41) is 7.56. The van der Waals surface area contributed by atoms with Gasteiger partial charge in [0.25, 0.3) is 0 Å². The summed E-state index contributed by atoms with van der Waals surface area (Å²) < 4.78 is 10.6. The average Bonchev–Trinajstić information content (AvgIpc) is 2.94. The number of ether oxygens (including phenoxy) is 1. The Bertz CT molecular complexity index is 756. The van der Waals surface area contributed by atoms with Crippen molar-refractivity contribution in [3.63, 3.8) is 0 Å². The van der Waals surface area contributed by atoms with Crippen LogP contribution in [0.25, 0.3) is 0 Å². The molecule has 0 bridgehead atoms. The predicted octanol–water partition coefficient (Wildman–Crippen LogP) is 3.65. The maximum atomic E-state index is 12.4. The van der Waals surface area contributed by atoms with Crippen LogP contribution < -0.4 is 10.2 Å². The van der Waals surface area contributed by atoms with Crippen LogP contribution in [0.1, 0.15) is 17.0 Å². The molecule has 26 heavy (non-hydrogen) atoms. The van der Waals surface area contributed by atoms with Crippen LogP contribution in [0, 0.1) is 13.8 Å². The van der Waals surface area contributed by atoms with E-state index in [1.165, 1.54) is 11.8 Å². The Kier molecular flexibility index (Phi) is 6.45. The molecule has 0 atom stereocenters. The Morgan fingerprint density at radius 2 is 2.12 bits per heavy atom. The molecule has 1 amide bonds. The summed E-state index contributed by atoms with van der Waals surface area (Å²) in [5.41, 5.74) is 3.53. The zero-order chi connectivity index (χ0) is 18.5. The van der Waals surface area contributed by atoms with Crippen LogP contribution in [0.3, 0.4) is 0 Å². The minimum absolute atomic E-state index is 0.0569. The summed E-state index contributed by atoms with van der Waals surface area (Å²) in [6.07, 6.45) is 0. The number of aromatic nitrogens is 1. The number of anilines is 2. The van der Waals surface area contributed by atoms with Crippen molar-refractivity contribution in [1.82, 2.24) is 5.16 Å². The molecule has 2 heterocycles. The Morgan fingerprint density at radius 1 is 1.35 bits per heavy atom. The van der Waals surface area contributed by atoms with Gasteiger partial charge in [-0.3, -0.25) is 4.79 Å². The molecule has 2 aromatic rings. The van der Waals surface area contributed by atoms with E-state index in [2.05, 4.69) is 15.4 Å². The van der Waals surface area contributed by atoms with Crippen LogP contribution >= 0.6 is 23.4 Å². The van der Waals surface area contributed by atoms with Crippen molar-refractivity contribution >= 4 is 40.6 Å². The highest BCUT2D eigenvalue weighted by Crippen LogP contribution is 2.34. The highest BCUT2D eigenvalue weighted by atomic mass is 35.5. The Hall–Kier alpha value is -1.70. The maximum Gasteiger partial charge on any atom is 0.234 e. The van der Waals surface area contributed by atoms with E-state index in [1.807, 2.05) is 32.0 Å². The van der Waals surface area contributed by atoms with Crippen LogP contribution in [0.5, 0.6) is 0 Å². The molecule has 1 N–H and O–H groups in total. The first kappa shape index (κ1) is 19.1. The van der Waals surface area contributed by atoms with Gasteiger partial charge in [0.05, 0.1) is 41.1 Å². The number of hydrogen-bond donors (Lipinski definition) is 1. The Morgan fingerprint density at radius 3 is 2.81 bits per heavy atom. The first-order valence-corrected chi connectivity index (χ1v) is 10.00. The number of hydrogen-bond acceptors (Lipinski definition) is 6. The van der Waals surface area contributed by atoms with Crippen molar-refractivity contribution in [2.24, 2.45) is 0 Å². The number of benzene rings is 1. The minimum Gasteiger partial charge on any atom is -0.378 e. The molecule has 6 nitrogen and oxygen atoms in total. The van der Waals surface area contributed by atoms with Gasteiger partial charge in [-0.15, -0.1) is 11.8 Å². The Balaban J connectivity index is 1.61. The second-order valence-corrected chi connectivity index (χ2v) is 7.47. The number of halogens is 1.